The van der Waals surface area contributed by atoms with Gasteiger partial charge < -0.3 is 9.53 Å². The number of thiophene rings is 1. The van der Waals surface area contributed by atoms with Crippen LogP contribution in [0.4, 0.5) is 10.5 Å². The van der Waals surface area contributed by atoms with E-state index >= 15 is 0 Å². The quantitative estimate of drug-likeness (QED) is 0.429. The van der Waals surface area contributed by atoms with Crippen LogP contribution in [0.25, 0.3) is 11.1 Å². The monoisotopic (exact) mass is 401 g/mol. The second-order valence-electron chi connectivity index (χ2n) is 7.74. The van der Waals surface area contributed by atoms with Crippen molar-refractivity contribution < 1.29 is 19.1 Å². The van der Waals surface area contributed by atoms with Crippen molar-refractivity contribution in [3.8, 4) is 11.1 Å². The molecular formula is C22H27NO4S. The predicted molar refractivity (Wildman–Crippen MR) is 113 cm³/mol. The zero-order chi connectivity index (χ0) is 20.7. The third kappa shape index (κ3) is 7.27. The van der Waals surface area contributed by atoms with E-state index in [9.17, 15) is 14.4 Å². The minimum atomic E-state index is -0.546. The Hall–Kier alpha value is -2.47. The van der Waals surface area contributed by atoms with Gasteiger partial charge in [-0.05, 0) is 75.2 Å². The number of unbranched alkanes of at least 4 members (excludes halogenated alkanes) is 1. The van der Waals surface area contributed by atoms with Crippen LogP contribution in [0.5, 0.6) is 0 Å². The van der Waals surface area contributed by atoms with Crippen LogP contribution in [-0.4, -0.2) is 23.3 Å². The fraction of sp³-hybridized carbons (Fsp3) is 0.409. The summed E-state index contributed by atoms with van der Waals surface area (Å²) >= 11 is 1.43. The molecule has 0 aliphatic heterocycles. The van der Waals surface area contributed by atoms with E-state index in [1.54, 1.807) is 19.1 Å². The van der Waals surface area contributed by atoms with Crippen molar-refractivity contribution in [1.29, 1.82) is 0 Å². The van der Waals surface area contributed by atoms with Crippen LogP contribution < -0.4 is 5.32 Å². The number of benzene rings is 1. The zero-order valence-electron chi connectivity index (χ0n) is 16.8. The van der Waals surface area contributed by atoms with Gasteiger partial charge in [0.2, 0.25) is 0 Å². The summed E-state index contributed by atoms with van der Waals surface area (Å²) in [7, 11) is 0. The van der Waals surface area contributed by atoms with Crippen LogP contribution in [-0.2, 0) is 9.53 Å². The first kappa shape index (κ1) is 21.8. The van der Waals surface area contributed by atoms with E-state index in [0.29, 0.717) is 18.5 Å². The topological polar surface area (TPSA) is 72.5 Å². The number of ether oxygens (including phenoxy) is 1. The Kier molecular flexibility index (Phi) is 7.52. The summed E-state index contributed by atoms with van der Waals surface area (Å²) < 4.78 is 5.23. The Labute approximate surface area is 170 Å². The Balaban J connectivity index is 1.93. The highest BCUT2D eigenvalue weighted by molar-refractivity contribution is 7.12. The molecule has 0 atom stereocenters. The summed E-state index contributed by atoms with van der Waals surface area (Å²) in [4.78, 5) is 35.8. The molecule has 0 fully saturated rings. The van der Waals surface area contributed by atoms with Crippen molar-refractivity contribution in [1.82, 2.24) is 0 Å². The first-order chi connectivity index (χ1) is 13.1. The van der Waals surface area contributed by atoms with E-state index in [4.69, 9.17) is 4.74 Å². The second-order valence-corrected chi connectivity index (χ2v) is 8.65. The van der Waals surface area contributed by atoms with Crippen molar-refractivity contribution in [3.05, 3.63) is 40.6 Å². The van der Waals surface area contributed by atoms with Crippen LogP contribution in [0.3, 0.4) is 0 Å². The van der Waals surface area contributed by atoms with E-state index in [1.165, 1.54) is 11.3 Å². The molecule has 0 saturated heterocycles. The highest BCUT2D eigenvalue weighted by Crippen LogP contribution is 2.28. The van der Waals surface area contributed by atoms with Crippen LogP contribution in [0.1, 0.15) is 63.0 Å². The van der Waals surface area contributed by atoms with Gasteiger partial charge in [-0.25, -0.2) is 4.79 Å². The summed E-state index contributed by atoms with van der Waals surface area (Å²) in [6.07, 6.45) is 1.99. The molecule has 1 aromatic carbocycles. The number of hydrogen-bond donors (Lipinski definition) is 1. The number of carbonyl (C=O) groups excluding carboxylic acids is 3. The van der Waals surface area contributed by atoms with Gasteiger partial charge in [-0.15, -0.1) is 11.3 Å². The largest absolute Gasteiger partial charge is 0.444 e. The first-order valence-corrected chi connectivity index (χ1v) is 10.2. The lowest BCUT2D eigenvalue weighted by atomic mass is 10.1. The van der Waals surface area contributed by atoms with E-state index in [2.05, 4.69) is 5.32 Å². The summed E-state index contributed by atoms with van der Waals surface area (Å²) in [6.45, 7) is 7.01. The Bertz CT molecular complexity index is 831. The van der Waals surface area contributed by atoms with E-state index in [1.807, 2.05) is 44.4 Å². The zero-order valence-corrected chi connectivity index (χ0v) is 17.7. The maximum absolute atomic E-state index is 12.3. The molecule has 1 heterocycles. The molecule has 0 aliphatic carbocycles. The number of Topliss-reactive ketones (excluding diaryl/α,β-unsaturated/α-hetero) is 2. The highest BCUT2D eigenvalue weighted by atomic mass is 32.1. The molecule has 0 bridgehead atoms. The minimum absolute atomic E-state index is 0.114. The van der Waals surface area contributed by atoms with Crippen LogP contribution >= 0.6 is 11.3 Å². The summed E-state index contributed by atoms with van der Waals surface area (Å²) in [6, 6.07) is 9.31. The lowest BCUT2D eigenvalue weighted by molar-refractivity contribution is -0.117. The lowest BCUT2D eigenvalue weighted by Gasteiger charge is -2.19. The maximum Gasteiger partial charge on any atom is 0.412 e. The van der Waals surface area contributed by atoms with Gasteiger partial charge in [-0.3, -0.25) is 10.1 Å². The molecule has 0 unspecified atom stereocenters. The van der Waals surface area contributed by atoms with Gasteiger partial charge in [-0.2, -0.15) is 0 Å². The third-order valence-corrected chi connectivity index (χ3v) is 4.89. The van der Waals surface area contributed by atoms with Crippen LogP contribution in [0.15, 0.2) is 35.7 Å². The highest BCUT2D eigenvalue weighted by Gasteiger charge is 2.16. The molecule has 2 rings (SSSR count). The average molecular weight is 402 g/mol. The number of nitrogens with one attached hydrogen (secondary N) is 1. The smallest absolute Gasteiger partial charge is 0.412 e. The van der Waals surface area contributed by atoms with E-state index < -0.39 is 11.7 Å². The van der Waals surface area contributed by atoms with Gasteiger partial charge in [0.25, 0.3) is 0 Å². The molecule has 2 aromatic rings. The fourth-order valence-electron chi connectivity index (χ4n) is 2.58. The maximum atomic E-state index is 12.3. The number of anilines is 1. The first-order valence-electron chi connectivity index (χ1n) is 9.35. The molecule has 1 amide bonds. The Morgan fingerprint density at radius 3 is 2.25 bits per heavy atom. The van der Waals surface area contributed by atoms with Crippen molar-refractivity contribution in [2.24, 2.45) is 0 Å². The minimum Gasteiger partial charge on any atom is -0.444 e. The van der Waals surface area contributed by atoms with E-state index in [-0.39, 0.29) is 11.6 Å². The molecule has 28 heavy (non-hydrogen) atoms. The Morgan fingerprint density at radius 1 is 1.00 bits per heavy atom. The molecule has 6 heteroatoms. The van der Waals surface area contributed by atoms with Gasteiger partial charge in [0.05, 0.1) is 4.88 Å². The second kappa shape index (κ2) is 9.64. The summed E-state index contributed by atoms with van der Waals surface area (Å²) in [5.41, 5.74) is 2.05. The van der Waals surface area contributed by atoms with E-state index in [0.717, 1.165) is 28.8 Å². The van der Waals surface area contributed by atoms with Gasteiger partial charge in [0.1, 0.15) is 11.4 Å². The molecule has 0 saturated carbocycles. The number of rotatable bonds is 8. The van der Waals surface area contributed by atoms with Crippen molar-refractivity contribution in [2.75, 3.05) is 5.32 Å². The SMILES string of the molecule is CC(=O)CCCCC(=O)c1cc(-c2ccc(NC(=O)OC(C)(C)C)cc2)cs1. The number of carbonyl (C=O) groups is 3. The number of amides is 1. The Morgan fingerprint density at radius 2 is 1.64 bits per heavy atom. The van der Waals surface area contributed by atoms with Gasteiger partial charge >= 0.3 is 6.09 Å². The van der Waals surface area contributed by atoms with Crippen molar-refractivity contribution in [3.63, 3.8) is 0 Å². The number of ketones is 2. The van der Waals surface area contributed by atoms with Gasteiger partial charge in [0.15, 0.2) is 5.78 Å². The van der Waals surface area contributed by atoms with Crippen LogP contribution in [0.2, 0.25) is 0 Å². The molecule has 5 nitrogen and oxygen atoms in total. The normalized spacial score (nSPS) is 11.1. The molecule has 0 spiro atoms. The molecule has 1 N–H and O–H groups in total. The number of hydrogen-bond acceptors (Lipinski definition) is 5. The predicted octanol–water partition coefficient (Wildman–Crippen LogP) is 6.09. The van der Waals surface area contributed by atoms with Gasteiger partial charge in [0, 0.05) is 18.5 Å². The van der Waals surface area contributed by atoms with Crippen molar-refractivity contribution in [2.45, 2.75) is 59.0 Å². The molecule has 150 valence electrons. The van der Waals surface area contributed by atoms with Crippen LogP contribution in [0, 0.1) is 0 Å². The summed E-state index contributed by atoms with van der Waals surface area (Å²) in [5, 5.41) is 4.66. The molecule has 0 radical (unpaired) electrons. The standard InChI is InChI=1S/C22H27NO4S/c1-15(24)7-5-6-8-19(25)20-13-17(14-28-20)16-9-11-18(12-10-16)23-21(26)27-22(2,3)4/h9-14H,5-8H2,1-4H3,(H,23,26). The fourth-order valence-corrected chi connectivity index (χ4v) is 3.47. The molecule has 1 aromatic heterocycles. The van der Waals surface area contributed by atoms with Crippen molar-refractivity contribution >= 4 is 34.7 Å². The summed E-state index contributed by atoms with van der Waals surface area (Å²) in [5.74, 6) is 0.276. The molecular weight excluding hydrogens is 374 g/mol. The van der Waals surface area contributed by atoms with Gasteiger partial charge in [-0.1, -0.05) is 12.1 Å². The lowest BCUT2D eigenvalue weighted by Crippen LogP contribution is -2.27. The third-order valence-electron chi connectivity index (χ3n) is 3.92. The average Bonchev–Trinajstić information content (AvgIpc) is 3.07. The molecule has 0 aliphatic rings.